The van der Waals surface area contributed by atoms with Gasteiger partial charge in [0.2, 0.25) is 0 Å². The van der Waals surface area contributed by atoms with E-state index in [4.69, 9.17) is 0 Å². The van der Waals surface area contributed by atoms with Crippen molar-refractivity contribution < 1.29 is 4.79 Å². The number of aryl methyl sites for hydroxylation is 1. The monoisotopic (exact) mass is 251 g/mol. The predicted molar refractivity (Wildman–Crippen MR) is 73.8 cm³/mol. The SMILES string of the molecule is CCCCCNC(=O)c1cc(C)nn1C(C)(C)C. The molecule has 0 aliphatic rings. The largest absolute Gasteiger partial charge is 0.351 e. The Balaban J connectivity index is 2.73. The van der Waals surface area contributed by atoms with Gasteiger partial charge in [0.25, 0.3) is 5.91 Å². The van der Waals surface area contributed by atoms with Crippen LogP contribution in [-0.4, -0.2) is 22.2 Å². The van der Waals surface area contributed by atoms with Gasteiger partial charge in [0, 0.05) is 6.54 Å². The van der Waals surface area contributed by atoms with Gasteiger partial charge in [0.1, 0.15) is 5.69 Å². The van der Waals surface area contributed by atoms with Gasteiger partial charge in [-0.3, -0.25) is 9.48 Å². The quantitative estimate of drug-likeness (QED) is 0.818. The number of nitrogens with zero attached hydrogens (tertiary/aromatic N) is 2. The Morgan fingerprint density at radius 2 is 2.06 bits per heavy atom. The predicted octanol–water partition coefficient (Wildman–Crippen LogP) is 2.87. The molecule has 0 saturated carbocycles. The average molecular weight is 251 g/mol. The third-order valence-corrected chi connectivity index (χ3v) is 2.77. The third-order valence-electron chi connectivity index (χ3n) is 2.77. The summed E-state index contributed by atoms with van der Waals surface area (Å²) in [6.45, 7) is 10.9. The average Bonchev–Trinajstić information content (AvgIpc) is 2.66. The highest BCUT2D eigenvalue weighted by atomic mass is 16.2. The molecular weight excluding hydrogens is 226 g/mol. The number of amides is 1. The fourth-order valence-electron chi connectivity index (χ4n) is 1.84. The lowest BCUT2D eigenvalue weighted by Crippen LogP contribution is -2.32. The molecule has 0 bridgehead atoms. The minimum Gasteiger partial charge on any atom is -0.351 e. The minimum atomic E-state index is -0.176. The zero-order valence-corrected chi connectivity index (χ0v) is 12.2. The molecule has 1 amide bonds. The second-order valence-corrected chi connectivity index (χ2v) is 5.72. The molecule has 4 nitrogen and oxygen atoms in total. The Kier molecular flexibility index (Phi) is 4.93. The maximum atomic E-state index is 12.1. The highest BCUT2D eigenvalue weighted by Crippen LogP contribution is 2.17. The van der Waals surface area contributed by atoms with Crippen LogP contribution < -0.4 is 5.32 Å². The Hall–Kier alpha value is -1.32. The molecule has 1 aromatic heterocycles. The summed E-state index contributed by atoms with van der Waals surface area (Å²) in [4.78, 5) is 12.1. The van der Waals surface area contributed by atoms with Crippen LogP contribution in [0.25, 0.3) is 0 Å². The standard InChI is InChI=1S/C14H25N3O/c1-6-7-8-9-15-13(18)12-10-11(2)16-17(12)14(3,4)5/h10H,6-9H2,1-5H3,(H,15,18). The summed E-state index contributed by atoms with van der Waals surface area (Å²) in [5.74, 6) is -0.0263. The Morgan fingerprint density at radius 1 is 1.39 bits per heavy atom. The van der Waals surface area contributed by atoms with E-state index in [1.54, 1.807) is 4.68 Å². The van der Waals surface area contributed by atoms with Crippen LogP contribution >= 0.6 is 0 Å². The van der Waals surface area contributed by atoms with Gasteiger partial charge in [-0.1, -0.05) is 19.8 Å². The molecule has 4 heteroatoms. The number of hydrogen-bond donors (Lipinski definition) is 1. The minimum absolute atomic E-state index is 0.0263. The molecule has 0 unspecified atom stereocenters. The van der Waals surface area contributed by atoms with E-state index in [-0.39, 0.29) is 11.4 Å². The molecule has 1 aromatic rings. The number of nitrogens with one attached hydrogen (secondary N) is 1. The van der Waals surface area contributed by atoms with Gasteiger partial charge in [-0.05, 0) is 40.2 Å². The fourth-order valence-corrected chi connectivity index (χ4v) is 1.84. The molecule has 0 radical (unpaired) electrons. The summed E-state index contributed by atoms with van der Waals surface area (Å²) in [6.07, 6.45) is 3.34. The van der Waals surface area contributed by atoms with Crippen LogP contribution in [0.5, 0.6) is 0 Å². The molecule has 0 aromatic carbocycles. The lowest BCUT2D eigenvalue weighted by molar-refractivity contribution is 0.0934. The summed E-state index contributed by atoms with van der Waals surface area (Å²) >= 11 is 0. The Labute approximate surface area is 110 Å². The molecule has 0 fully saturated rings. The van der Waals surface area contributed by atoms with E-state index in [9.17, 15) is 4.79 Å². The maximum absolute atomic E-state index is 12.1. The molecule has 18 heavy (non-hydrogen) atoms. The van der Waals surface area contributed by atoms with Crippen LogP contribution in [0.3, 0.4) is 0 Å². The van der Waals surface area contributed by atoms with Crippen LogP contribution in [0.2, 0.25) is 0 Å². The van der Waals surface area contributed by atoms with Gasteiger partial charge < -0.3 is 5.32 Å². The highest BCUT2D eigenvalue weighted by molar-refractivity contribution is 5.92. The first-order valence-corrected chi connectivity index (χ1v) is 6.71. The number of unbranched alkanes of at least 4 members (excludes halogenated alkanes) is 2. The summed E-state index contributed by atoms with van der Waals surface area (Å²) in [7, 11) is 0. The van der Waals surface area contributed by atoms with E-state index in [1.165, 1.54) is 0 Å². The first-order valence-electron chi connectivity index (χ1n) is 6.71. The molecular formula is C14H25N3O. The van der Waals surface area contributed by atoms with Gasteiger partial charge in [0.15, 0.2) is 0 Å². The van der Waals surface area contributed by atoms with E-state index >= 15 is 0 Å². The molecule has 0 aliphatic heterocycles. The zero-order chi connectivity index (χ0) is 13.8. The van der Waals surface area contributed by atoms with Gasteiger partial charge in [0.05, 0.1) is 11.2 Å². The second-order valence-electron chi connectivity index (χ2n) is 5.72. The van der Waals surface area contributed by atoms with Gasteiger partial charge in [-0.2, -0.15) is 5.10 Å². The van der Waals surface area contributed by atoms with Crippen molar-refractivity contribution >= 4 is 5.91 Å². The van der Waals surface area contributed by atoms with Crippen molar-refractivity contribution in [3.8, 4) is 0 Å². The molecule has 0 spiro atoms. The topological polar surface area (TPSA) is 46.9 Å². The van der Waals surface area contributed by atoms with Crippen LogP contribution in [-0.2, 0) is 5.54 Å². The Morgan fingerprint density at radius 3 is 2.61 bits per heavy atom. The summed E-state index contributed by atoms with van der Waals surface area (Å²) in [6, 6.07) is 1.85. The number of rotatable bonds is 5. The molecule has 0 aliphatic carbocycles. The zero-order valence-electron chi connectivity index (χ0n) is 12.2. The van der Waals surface area contributed by atoms with Crippen molar-refractivity contribution in [3.63, 3.8) is 0 Å². The van der Waals surface area contributed by atoms with Crippen molar-refractivity contribution in [2.45, 2.75) is 59.4 Å². The van der Waals surface area contributed by atoms with Crippen LogP contribution in [0.15, 0.2) is 6.07 Å². The second kappa shape index (κ2) is 6.03. The van der Waals surface area contributed by atoms with E-state index in [0.29, 0.717) is 5.69 Å². The van der Waals surface area contributed by atoms with Crippen LogP contribution in [0.4, 0.5) is 0 Å². The summed E-state index contributed by atoms with van der Waals surface area (Å²) in [5, 5.41) is 7.36. The Bertz CT molecular complexity index is 402. The first-order chi connectivity index (χ1) is 8.36. The maximum Gasteiger partial charge on any atom is 0.269 e. The van der Waals surface area contributed by atoms with Crippen molar-refractivity contribution in [1.82, 2.24) is 15.1 Å². The van der Waals surface area contributed by atoms with Crippen molar-refractivity contribution in [1.29, 1.82) is 0 Å². The van der Waals surface area contributed by atoms with E-state index in [2.05, 4.69) is 17.3 Å². The number of carbonyl (C=O) groups is 1. The highest BCUT2D eigenvalue weighted by Gasteiger charge is 2.22. The van der Waals surface area contributed by atoms with Crippen molar-refractivity contribution in [3.05, 3.63) is 17.5 Å². The molecule has 0 atom stereocenters. The summed E-state index contributed by atoms with van der Waals surface area (Å²) < 4.78 is 1.80. The fraction of sp³-hybridized carbons (Fsp3) is 0.714. The third kappa shape index (κ3) is 3.86. The van der Waals surface area contributed by atoms with Gasteiger partial charge in [-0.15, -0.1) is 0 Å². The number of hydrogen-bond acceptors (Lipinski definition) is 2. The van der Waals surface area contributed by atoms with Gasteiger partial charge in [-0.25, -0.2) is 0 Å². The van der Waals surface area contributed by atoms with Crippen molar-refractivity contribution in [2.75, 3.05) is 6.54 Å². The lowest BCUT2D eigenvalue weighted by atomic mass is 10.1. The number of aromatic nitrogens is 2. The molecule has 1 heterocycles. The van der Waals surface area contributed by atoms with Crippen LogP contribution in [0, 0.1) is 6.92 Å². The molecule has 1 rings (SSSR count). The van der Waals surface area contributed by atoms with Crippen LogP contribution in [0.1, 0.15) is 63.1 Å². The molecule has 0 saturated heterocycles. The normalized spacial score (nSPS) is 11.6. The van der Waals surface area contributed by atoms with E-state index in [0.717, 1.165) is 31.5 Å². The number of carbonyl (C=O) groups excluding carboxylic acids is 1. The lowest BCUT2D eigenvalue weighted by Gasteiger charge is -2.22. The first kappa shape index (κ1) is 14.7. The molecule has 102 valence electrons. The van der Waals surface area contributed by atoms with E-state index in [1.807, 2.05) is 33.8 Å². The molecule has 1 N–H and O–H groups in total. The summed E-state index contributed by atoms with van der Waals surface area (Å²) in [5.41, 5.74) is 1.35. The van der Waals surface area contributed by atoms with E-state index < -0.39 is 0 Å². The van der Waals surface area contributed by atoms with Gasteiger partial charge >= 0.3 is 0 Å². The smallest absolute Gasteiger partial charge is 0.269 e. The van der Waals surface area contributed by atoms with Crippen molar-refractivity contribution in [2.24, 2.45) is 0 Å².